The highest BCUT2D eigenvalue weighted by Gasteiger charge is 2.30. The van der Waals surface area contributed by atoms with Crippen molar-refractivity contribution in [1.82, 2.24) is 0 Å². The molecule has 0 fully saturated rings. The van der Waals surface area contributed by atoms with Crippen LogP contribution in [0.1, 0.15) is 31.8 Å². The van der Waals surface area contributed by atoms with Crippen LogP contribution < -0.4 is 23.7 Å². The monoisotopic (exact) mass is 430 g/mol. The fourth-order valence-corrected chi connectivity index (χ4v) is 3.58. The first kappa shape index (κ1) is 19.7. The molecule has 0 saturated heterocycles. The number of carbonyl (C=O) groups is 2. The first-order valence-electron chi connectivity index (χ1n) is 9.86. The van der Waals surface area contributed by atoms with E-state index in [9.17, 15) is 9.59 Å². The van der Waals surface area contributed by atoms with E-state index < -0.39 is 5.97 Å². The van der Waals surface area contributed by atoms with Crippen LogP contribution in [0, 0.1) is 6.92 Å². The maximum atomic E-state index is 12.9. The standard InChI is InChI=1S/C25H18O7/c1-14-9-18(31-25(27)16-4-6-17(28-2)7-5-16)12-21-23(14)24(26)22(32-21)11-15-3-8-19-20(10-15)30-13-29-19/h3-12H,13H2,1-2H3/b22-11-. The fourth-order valence-electron chi connectivity index (χ4n) is 3.58. The number of hydrogen-bond acceptors (Lipinski definition) is 7. The van der Waals surface area contributed by atoms with E-state index in [-0.39, 0.29) is 18.3 Å². The largest absolute Gasteiger partial charge is 0.497 e. The number of esters is 1. The molecule has 0 N–H and O–H groups in total. The zero-order valence-corrected chi connectivity index (χ0v) is 17.3. The topological polar surface area (TPSA) is 80.3 Å². The molecule has 2 aliphatic rings. The summed E-state index contributed by atoms with van der Waals surface area (Å²) in [5, 5.41) is 0. The smallest absolute Gasteiger partial charge is 0.343 e. The van der Waals surface area contributed by atoms with Crippen molar-refractivity contribution in [3.05, 3.63) is 82.6 Å². The number of hydrogen-bond donors (Lipinski definition) is 0. The fraction of sp³-hybridized carbons (Fsp3) is 0.120. The zero-order valence-electron chi connectivity index (χ0n) is 17.3. The molecule has 160 valence electrons. The Morgan fingerprint density at radius 2 is 1.72 bits per heavy atom. The summed E-state index contributed by atoms with van der Waals surface area (Å²) in [7, 11) is 1.55. The third-order valence-corrected chi connectivity index (χ3v) is 5.17. The van der Waals surface area contributed by atoms with Gasteiger partial charge in [0.25, 0.3) is 0 Å². The van der Waals surface area contributed by atoms with E-state index in [0.717, 1.165) is 5.56 Å². The van der Waals surface area contributed by atoms with Crippen LogP contribution in [0.2, 0.25) is 0 Å². The quantitative estimate of drug-likeness (QED) is 0.341. The Hall–Kier alpha value is -4.26. The lowest BCUT2D eigenvalue weighted by atomic mass is 10.0. The predicted octanol–water partition coefficient (Wildman–Crippen LogP) is 4.57. The Morgan fingerprint density at radius 3 is 2.50 bits per heavy atom. The molecule has 0 spiro atoms. The summed E-state index contributed by atoms with van der Waals surface area (Å²) in [5.41, 5.74) is 2.22. The number of Topliss-reactive ketones (excluding diaryl/α,β-unsaturated/α-hetero) is 1. The van der Waals surface area contributed by atoms with Gasteiger partial charge >= 0.3 is 5.97 Å². The van der Waals surface area contributed by atoms with E-state index in [1.807, 2.05) is 6.07 Å². The van der Waals surface area contributed by atoms with Gasteiger partial charge in [-0.25, -0.2) is 4.79 Å². The zero-order chi connectivity index (χ0) is 22.2. The normalized spacial score (nSPS) is 14.8. The highest BCUT2D eigenvalue weighted by molar-refractivity contribution is 6.15. The third-order valence-electron chi connectivity index (χ3n) is 5.17. The lowest BCUT2D eigenvalue weighted by Gasteiger charge is -2.08. The van der Waals surface area contributed by atoms with Gasteiger partial charge in [-0.1, -0.05) is 6.07 Å². The summed E-state index contributed by atoms with van der Waals surface area (Å²) in [6.45, 7) is 1.95. The molecule has 3 aromatic carbocycles. The van der Waals surface area contributed by atoms with Crippen LogP contribution in [0.3, 0.4) is 0 Å². The SMILES string of the molecule is COc1ccc(C(=O)Oc2cc(C)c3c(c2)O/C(=C\c2ccc4c(c2)OCO4)C3=O)cc1. The maximum absolute atomic E-state index is 12.9. The van der Waals surface area contributed by atoms with Gasteiger partial charge in [0.05, 0.1) is 18.2 Å². The molecule has 3 aromatic rings. The molecule has 0 unspecified atom stereocenters. The van der Waals surface area contributed by atoms with Crippen LogP contribution in [0.25, 0.3) is 6.08 Å². The number of aryl methyl sites for hydroxylation is 1. The molecule has 0 aliphatic carbocycles. The van der Waals surface area contributed by atoms with Crippen LogP contribution >= 0.6 is 0 Å². The van der Waals surface area contributed by atoms with E-state index in [1.165, 1.54) is 0 Å². The summed E-state index contributed by atoms with van der Waals surface area (Å²) < 4.78 is 27.1. The van der Waals surface area contributed by atoms with Crippen LogP contribution in [-0.2, 0) is 0 Å². The number of ether oxygens (including phenoxy) is 5. The van der Waals surface area contributed by atoms with Crippen molar-refractivity contribution >= 4 is 17.8 Å². The van der Waals surface area contributed by atoms with Crippen molar-refractivity contribution in [3.8, 4) is 28.7 Å². The minimum Gasteiger partial charge on any atom is -0.497 e. The molecule has 0 atom stereocenters. The first-order valence-corrected chi connectivity index (χ1v) is 9.86. The molecule has 32 heavy (non-hydrogen) atoms. The minimum absolute atomic E-state index is 0.174. The van der Waals surface area contributed by atoms with Crippen molar-refractivity contribution < 1.29 is 33.3 Å². The number of benzene rings is 3. The van der Waals surface area contributed by atoms with Crippen molar-refractivity contribution in [3.63, 3.8) is 0 Å². The number of rotatable bonds is 4. The second kappa shape index (κ2) is 7.77. The van der Waals surface area contributed by atoms with E-state index in [0.29, 0.717) is 45.4 Å². The van der Waals surface area contributed by atoms with E-state index >= 15 is 0 Å². The van der Waals surface area contributed by atoms with Crippen molar-refractivity contribution in [2.45, 2.75) is 6.92 Å². The summed E-state index contributed by atoms with van der Waals surface area (Å²) in [5.74, 6) is 1.98. The predicted molar refractivity (Wildman–Crippen MR) is 115 cm³/mol. The molecule has 0 amide bonds. The van der Waals surface area contributed by atoms with Gasteiger partial charge in [0.1, 0.15) is 17.2 Å². The molecular formula is C25H18O7. The molecular weight excluding hydrogens is 412 g/mol. The van der Waals surface area contributed by atoms with Gasteiger partial charge in [0, 0.05) is 6.07 Å². The van der Waals surface area contributed by atoms with Crippen LogP contribution in [0.5, 0.6) is 28.7 Å². The lowest BCUT2D eigenvalue weighted by molar-refractivity contribution is 0.0734. The van der Waals surface area contributed by atoms with Gasteiger partial charge in [-0.3, -0.25) is 4.79 Å². The number of allylic oxidation sites excluding steroid dienone is 1. The van der Waals surface area contributed by atoms with Gasteiger partial charge < -0.3 is 23.7 Å². The van der Waals surface area contributed by atoms with Crippen molar-refractivity contribution in [2.75, 3.05) is 13.9 Å². The molecule has 0 saturated carbocycles. The van der Waals surface area contributed by atoms with Crippen molar-refractivity contribution in [2.24, 2.45) is 0 Å². The van der Waals surface area contributed by atoms with Crippen molar-refractivity contribution in [1.29, 1.82) is 0 Å². The molecule has 0 bridgehead atoms. The maximum Gasteiger partial charge on any atom is 0.343 e. The first-order chi connectivity index (χ1) is 15.5. The molecule has 5 rings (SSSR count). The van der Waals surface area contributed by atoms with Gasteiger partial charge in [0.15, 0.2) is 17.3 Å². The molecule has 0 radical (unpaired) electrons. The summed E-state index contributed by atoms with van der Waals surface area (Å²) in [6.07, 6.45) is 1.65. The average Bonchev–Trinajstić information content (AvgIpc) is 3.38. The summed E-state index contributed by atoms with van der Waals surface area (Å²) in [4.78, 5) is 25.4. The van der Waals surface area contributed by atoms with Crippen LogP contribution in [-0.4, -0.2) is 25.7 Å². The molecule has 0 aromatic heterocycles. The van der Waals surface area contributed by atoms with Gasteiger partial charge in [-0.05, 0) is 66.6 Å². The third kappa shape index (κ3) is 3.54. The number of carbonyl (C=O) groups excluding carboxylic acids is 2. The van der Waals surface area contributed by atoms with Gasteiger partial charge in [-0.15, -0.1) is 0 Å². The Balaban J connectivity index is 1.38. The average molecular weight is 430 g/mol. The second-order valence-electron chi connectivity index (χ2n) is 7.28. The van der Waals surface area contributed by atoms with E-state index in [4.69, 9.17) is 23.7 Å². The highest BCUT2D eigenvalue weighted by atomic mass is 16.7. The second-order valence-corrected chi connectivity index (χ2v) is 7.28. The molecule has 7 heteroatoms. The summed E-state index contributed by atoms with van der Waals surface area (Å²) >= 11 is 0. The Labute approximate surface area is 183 Å². The highest BCUT2D eigenvalue weighted by Crippen LogP contribution is 2.39. The van der Waals surface area contributed by atoms with Crippen LogP contribution in [0.15, 0.2) is 60.4 Å². The molecule has 2 aliphatic heterocycles. The molecule has 2 heterocycles. The van der Waals surface area contributed by atoms with E-state index in [2.05, 4.69) is 0 Å². The van der Waals surface area contributed by atoms with E-state index in [1.54, 1.807) is 68.6 Å². The van der Waals surface area contributed by atoms with Crippen LogP contribution in [0.4, 0.5) is 0 Å². The number of fused-ring (bicyclic) bond motifs is 2. The van der Waals surface area contributed by atoms with Gasteiger partial charge in [0.2, 0.25) is 12.6 Å². The number of ketones is 1. The number of methoxy groups -OCH3 is 1. The lowest BCUT2D eigenvalue weighted by Crippen LogP contribution is -2.08. The minimum atomic E-state index is -0.521. The molecule has 7 nitrogen and oxygen atoms in total. The van der Waals surface area contributed by atoms with Gasteiger partial charge in [-0.2, -0.15) is 0 Å². The summed E-state index contributed by atoms with van der Waals surface area (Å²) in [6, 6.07) is 15.2. The Morgan fingerprint density at radius 1 is 0.938 bits per heavy atom. The Kier molecular flexibility index (Phi) is 4.78. The Bertz CT molecular complexity index is 1270.